The van der Waals surface area contributed by atoms with Crippen molar-refractivity contribution in [1.82, 2.24) is 4.90 Å². The molecule has 1 fully saturated rings. The van der Waals surface area contributed by atoms with Crippen molar-refractivity contribution in [2.75, 3.05) is 20.8 Å². The van der Waals surface area contributed by atoms with Crippen molar-refractivity contribution in [1.29, 1.82) is 0 Å². The summed E-state index contributed by atoms with van der Waals surface area (Å²) in [5.41, 5.74) is 2.02. The zero-order chi connectivity index (χ0) is 18.5. The first-order valence-corrected chi connectivity index (χ1v) is 9.38. The SMILES string of the molecule is COc1ccc(C2CCCN2C(=O)/C=C/c2ccc(Br)cc2)c(OC)c1. The Bertz CT molecular complexity index is 801. The summed E-state index contributed by atoms with van der Waals surface area (Å²) in [5.74, 6) is 1.52. The number of methoxy groups -OCH3 is 2. The fraction of sp³-hybridized carbons (Fsp3) is 0.286. The van der Waals surface area contributed by atoms with E-state index in [9.17, 15) is 4.79 Å². The molecule has 2 aromatic carbocycles. The fourth-order valence-electron chi connectivity index (χ4n) is 3.28. The van der Waals surface area contributed by atoms with Crippen molar-refractivity contribution in [3.05, 3.63) is 64.1 Å². The molecule has 1 heterocycles. The largest absolute Gasteiger partial charge is 0.497 e. The minimum absolute atomic E-state index is 0.0216. The van der Waals surface area contributed by atoms with Gasteiger partial charge in [-0.3, -0.25) is 4.79 Å². The molecule has 3 rings (SSSR count). The van der Waals surface area contributed by atoms with Crippen LogP contribution in [-0.2, 0) is 4.79 Å². The van der Waals surface area contributed by atoms with Gasteiger partial charge in [0.25, 0.3) is 0 Å². The summed E-state index contributed by atoms with van der Waals surface area (Å²) in [5, 5.41) is 0. The molecule has 26 heavy (non-hydrogen) atoms. The number of rotatable bonds is 5. The first-order chi connectivity index (χ1) is 12.6. The van der Waals surface area contributed by atoms with E-state index in [0.29, 0.717) is 0 Å². The zero-order valence-electron chi connectivity index (χ0n) is 14.9. The zero-order valence-corrected chi connectivity index (χ0v) is 16.5. The Morgan fingerprint density at radius 3 is 2.62 bits per heavy atom. The van der Waals surface area contributed by atoms with Crippen LogP contribution < -0.4 is 9.47 Å². The molecule has 1 amide bonds. The molecule has 0 radical (unpaired) electrons. The molecule has 0 aliphatic carbocycles. The van der Waals surface area contributed by atoms with Crippen molar-refractivity contribution >= 4 is 27.9 Å². The Morgan fingerprint density at radius 2 is 1.92 bits per heavy atom. The van der Waals surface area contributed by atoms with Gasteiger partial charge in [-0.15, -0.1) is 0 Å². The summed E-state index contributed by atoms with van der Waals surface area (Å²) < 4.78 is 11.8. The molecule has 1 unspecified atom stereocenters. The lowest BCUT2D eigenvalue weighted by Crippen LogP contribution is -2.29. The smallest absolute Gasteiger partial charge is 0.247 e. The van der Waals surface area contributed by atoms with Crippen LogP contribution in [0, 0.1) is 0 Å². The van der Waals surface area contributed by atoms with E-state index in [2.05, 4.69) is 15.9 Å². The van der Waals surface area contributed by atoms with Crippen LogP contribution in [0.25, 0.3) is 6.08 Å². The number of likely N-dealkylation sites (tertiary alicyclic amines) is 1. The van der Waals surface area contributed by atoms with E-state index in [0.717, 1.165) is 46.5 Å². The van der Waals surface area contributed by atoms with Gasteiger partial charge in [0.2, 0.25) is 5.91 Å². The fourth-order valence-corrected chi connectivity index (χ4v) is 3.55. The van der Waals surface area contributed by atoms with Crippen LogP contribution in [0.1, 0.15) is 30.0 Å². The summed E-state index contributed by atoms with van der Waals surface area (Å²) >= 11 is 3.42. The van der Waals surface area contributed by atoms with Crippen LogP contribution in [-0.4, -0.2) is 31.6 Å². The summed E-state index contributed by atoms with van der Waals surface area (Å²) in [6.45, 7) is 0.753. The van der Waals surface area contributed by atoms with Crippen LogP contribution in [0.15, 0.2) is 53.0 Å². The predicted molar refractivity (Wildman–Crippen MR) is 106 cm³/mol. The topological polar surface area (TPSA) is 38.8 Å². The highest BCUT2D eigenvalue weighted by molar-refractivity contribution is 9.10. The normalized spacial score (nSPS) is 16.9. The van der Waals surface area contributed by atoms with Crippen molar-refractivity contribution in [2.45, 2.75) is 18.9 Å². The van der Waals surface area contributed by atoms with Crippen molar-refractivity contribution in [3.63, 3.8) is 0 Å². The molecule has 136 valence electrons. The van der Waals surface area contributed by atoms with Gasteiger partial charge >= 0.3 is 0 Å². The van der Waals surface area contributed by atoms with Crippen molar-refractivity contribution < 1.29 is 14.3 Å². The Morgan fingerprint density at radius 1 is 1.15 bits per heavy atom. The highest BCUT2D eigenvalue weighted by Crippen LogP contribution is 2.38. The number of hydrogen-bond acceptors (Lipinski definition) is 3. The third-order valence-corrected chi connectivity index (χ3v) is 5.15. The molecular formula is C21H22BrNO3. The predicted octanol–water partition coefficient (Wildman–Crippen LogP) is 4.84. The van der Waals surface area contributed by atoms with Crippen molar-refractivity contribution in [2.24, 2.45) is 0 Å². The van der Waals surface area contributed by atoms with Gasteiger partial charge in [-0.25, -0.2) is 0 Å². The lowest BCUT2D eigenvalue weighted by molar-refractivity contribution is -0.126. The average Bonchev–Trinajstić information content (AvgIpc) is 3.16. The lowest BCUT2D eigenvalue weighted by atomic mass is 10.0. The summed E-state index contributed by atoms with van der Waals surface area (Å²) in [6.07, 6.45) is 5.42. The molecule has 1 atom stereocenters. The van der Waals surface area contributed by atoms with Gasteiger partial charge in [-0.2, -0.15) is 0 Å². The monoisotopic (exact) mass is 415 g/mol. The van der Waals surface area contributed by atoms with Gasteiger partial charge in [0.05, 0.1) is 20.3 Å². The van der Waals surface area contributed by atoms with E-state index in [1.807, 2.05) is 53.4 Å². The van der Waals surface area contributed by atoms with E-state index in [4.69, 9.17) is 9.47 Å². The molecule has 1 saturated heterocycles. The maximum absolute atomic E-state index is 12.8. The number of carbonyl (C=O) groups excluding carboxylic acids is 1. The standard InChI is InChI=1S/C21H22BrNO3/c1-25-17-10-11-18(20(14-17)26-2)19-4-3-13-23(19)21(24)12-7-15-5-8-16(22)9-6-15/h5-12,14,19H,3-4,13H2,1-2H3/b12-7+. The van der Waals surface area contributed by atoms with E-state index in [-0.39, 0.29) is 11.9 Å². The number of halogens is 1. The van der Waals surface area contributed by atoms with Crippen LogP contribution >= 0.6 is 15.9 Å². The maximum atomic E-state index is 12.8. The van der Waals surface area contributed by atoms with Gasteiger partial charge in [0, 0.05) is 28.7 Å². The number of benzene rings is 2. The van der Waals surface area contributed by atoms with Crippen LogP contribution in [0.3, 0.4) is 0 Å². The van der Waals surface area contributed by atoms with E-state index in [1.165, 1.54) is 0 Å². The molecule has 5 heteroatoms. The maximum Gasteiger partial charge on any atom is 0.247 e. The quantitative estimate of drug-likeness (QED) is 0.655. The highest BCUT2D eigenvalue weighted by Gasteiger charge is 2.30. The van der Waals surface area contributed by atoms with Gasteiger partial charge in [-0.1, -0.05) is 28.1 Å². The Kier molecular flexibility index (Phi) is 5.99. The van der Waals surface area contributed by atoms with Gasteiger partial charge < -0.3 is 14.4 Å². The molecule has 4 nitrogen and oxygen atoms in total. The summed E-state index contributed by atoms with van der Waals surface area (Å²) in [6, 6.07) is 13.7. The molecule has 2 aromatic rings. The number of ether oxygens (including phenoxy) is 2. The van der Waals surface area contributed by atoms with Gasteiger partial charge in [-0.05, 0) is 48.7 Å². The first kappa shape index (κ1) is 18.5. The average molecular weight is 416 g/mol. The van der Waals surface area contributed by atoms with Crippen LogP contribution in [0.4, 0.5) is 0 Å². The molecule has 1 aliphatic heterocycles. The molecule has 0 aromatic heterocycles. The summed E-state index contributed by atoms with van der Waals surface area (Å²) in [7, 11) is 3.28. The number of nitrogens with zero attached hydrogens (tertiary/aromatic N) is 1. The minimum Gasteiger partial charge on any atom is -0.497 e. The molecule has 0 spiro atoms. The third-order valence-electron chi connectivity index (χ3n) is 4.62. The Labute approximate surface area is 162 Å². The third kappa shape index (κ3) is 4.10. The minimum atomic E-state index is 0.0216. The number of carbonyl (C=O) groups is 1. The molecule has 1 aliphatic rings. The van der Waals surface area contributed by atoms with Gasteiger partial charge in [0.15, 0.2) is 0 Å². The number of amides is 1. The van der Waals surface area contributed by atoms with E-state index >= 15 is 0 Å². The van der Waals surface area contributed by atoms with E-state index < -0.39 is 0 Å². The van der Waals surface area contributed by atoms with E-state index in [1.54, 1.807) is 20.3 Å². The molecular weight excluding hydrogens is 394 g/mol. The van der Waals surface area contributed by atoms with Crippen LogP contribution in [0.2, 0.25) is 0 Å². The second kappa shape index (κ2) is 8.41. The second-order valence-electron chi connectivity index (χ2n) is 6.18. The highest BCUT2D eigenvalue weighted by atomic mass is 79.9. The first-order valence-electron chi connectivity index (χ1n) is 8.58. The van der Waals surface area contributed by atoms with Gasteiger partial charge in [0.1, 0.15) is 11.5 Å². The Balaban J connectivity index is 1.79. The van der Waals surface area contributed by atoms with Crippen molar-refractivity contribution in [3.8, 4) is 11.5 Å². The number of hydrogen-bond donors (Lipinski definition) is 0. The Hall–Kier alpha value is -2.27. The molecule has 0 bridgehead atoms. The molecule has 0 saturated carbocycles. The lowest BCUT2D eigenvalue weighted by Gasteiger charge is -2.25. The second-order valence-corrected chi connectivity index (χ2v) is 7.10. The molecule has 0 N–H and O–H groups in total. The van der Waals surface area contributed by atoms with Crippen LogP contribution in [0.5, 0.6) is 11.5 Å². The summed E-state index contributed by atoms with van der Waals surface area (Å²) in [4.78, 5) is 14.7.